The number of nitrogens with one attached hydrogen (secondary N) is 1. The van der Waals surface area contributed by atoms with E-state index in [1.807, 2.05) is 61.5 Å². The van der Waals surface area contributed by atoms with Crippen molar-refractivity contribution < 1.29 is 13.7 Å². The summed E-state index contributed by atoms with van der Waals surface area (Å²) < 4.78 is 20.1. The van der Waals surface area contributed by atoms with E-state index in [0.29, 0.717) is 34.2 Å². The van der Waals surface area contributed by atoms with Crippen LogP contribution in [0, 0.1) is 19.7 Å². The minimum absolute atomic E-state index is 0.292. The second-order valence-corrected chi connectivity index (χ2v) is 8.35. The molecular formula is C27H23FN4O2. The van der Waals surface area contributed by atoms with Gasteiger partial charge in [0, 0.05) is 11.3 Å². The van der Waals surface area contributed by atoms with E-state index in [2.05, 4.69) is 15.5 Å². The van der Waals surface area contributed by atoms with Crippen molar-refractivity contribution in [2.45, 2.75) is 26.8 Å². The Morgan fingerprint density at radius 1 is 0.971 bits per heavy atom. The molecule has 1 aromatic heterocycles. The highest BCUT2D eigenvalue weighted by molar-refractivity contribution is 6.01. The number of hydrogen-bond acceptors (Lipinski definition) is 4. The van der Waals surface area contributed by atoms with Crippen LogP contribution in [0.25, 0.3) is 17.0 Å². The van der Waals surface area contributed by atoms with Crippen LogP contribution in [0.15, 0.2) is 83.0 Å². The number of aryl methyl sites for hydroxylation is 2. The Morgan fingerprint density at radius 2 is 1.76 bits per heavy atom. The molecule has 4 aromatic rings. The van der Waals surface area contributed by atoms with E-state index in [9.17, 15) is 9.18 Å². The van der Waals surface area contributed by atoms with Crippen LogP contribution in [0.5, 0.6) is 0 Å². The van der Waals surface area contributed by atoms with Gasteiger partial charge in [0.15, 0.2) is 0 Å². The molecule has 1 unspecified atom stereocenters. The van der Waals surface area contributed by atoms with Crippen LogP contribution in [-0.2, 0) is 0 Å². The Labute approximate surface area is 196 Å². The Hall–Kier alpha value is -4.26. The summed E-state index contributed by atoms with van der Waals surface area (Å²) in [5, 5.41) is 7.23. The molecule has 6 nitrogen and oxygen atoms in total. The second-order valence-electron chi connectivity index (χ2n) is 8.35. The summed E-state index contributed by atoms with van der Waals surface area (Å²) in [6.45, 7) is 5.48. The van der Waals surface area contributed by atoms with E-state index in [1.165, 1.54) is 11.0 Å². The lowest BCUT2D eigenvalue weighted by Crippen LogP contribution is -2.46. The van der Waals surface area contributed by atoms with E-state index in [-0.39, 0.29) is 11.8 Å². The molecule has 1 aliphatic heterocycles. The first-order valence-corrected chi connectivity index (χ1v) is 11.0. The number of allylic oxidation sites excluding steroid dienone is 1. The molecule has 7 heteroatoms. The number of carbonyl (C=O) groups is 1. The number of urea groups is 1. The first-order valence-electron chi connectivity index (χ1n) is 11.0. The number of amides is 2. The molecule has 0 fully saturated rings. The summed E-state index contributed by atoms with van der Waals surface area (Å²) in [7, 11) is 0. The van der Waals surface area contributed by atoms with Crippen LogP contribution < -0.4 is 10.2 Å². The molecule has 2 heterocycles. The molecule has 3 aromatic carbocycles. The standard InChI is InChI=1S/C27H23FN4O2/c1-16-8-7-11-20(14-16)25-30-26(34-31-25)23-18(3)32(21-13-12-17(2)22(28)15-21)27(33)29-24(23)19-9-5-4-6-10-19/h4-15,24H,1-3H3,(H,29,33). The quantitative estimate of drug-likeness (QED) is 0.399. The van der Waals surface area contributed by atoms with Crippen molar-refractivity contribution in [2.24, 2.45) is 0 Å². The summed E-state index contributed by atoms with van der Waals surface area (Å²) in [6.07, 6.45) is 0. The zero-order valence-corrected chi connectivity index (χ0v) is 19.0. The van der Waals surface area contributed by atoms with Gasteiger partial charge >= 0.3 is 6.03 Å². The number of aromatic nitrogens is 2. The van der Waals surface area contributed by atoms with Crippen molar-refractivity contribution in [3.8, 4) is 11.4 Å². The van der Waals surface area contributed by atoms with Gasteiger partial charge in [0.2, 0.25) is 5.82 Å². The van der Waals surface area contributed by atoms with Gasteiger partial charge in [-0.2, -0.15) is 4.98 Å². The smallest absolute Gasteiger partial charge is 0.327 e. The van der Waals surface area contributed by atoms with Crippen molar-refractivity contribution in [3.05, 3.63) is 107 Å². The fourth-order valence-corrected chi connectivity index (χ4v) is 4.18. The van der Waals surface area contributed by atoms with E-state index >= 15 is 0 Å². The van der Waals surface area contributed by atoms with Crippen LogP contribution in [0.2, 0.25) is 0 Å². The van der Waals surface area contributed by atoms with E-state index in [0.717, 1.165) is 16.7 Å². The number of rotatable bonds is 4. The van der Waals surface area contributed by atoms with Crippen molar-refractivity contribution in [3.63, 3.8) is 0 Å². The van der Waals surface area contributed by atoms with Crippen LogP contribution in [-0.4, -0.2) is 16.2 Å². The summed E-state index contributed by atoms with van der Waals surface area (Å²) in [5.74, 6) is 0.362. The third kappa shape index (κ3) is 3.85. The first-order chi connectivity index (χ1) is 16.4. The zero-order valence-electron chi connectivity index (χ0n) is 19.0. The minimum atomic E-state index is -0.508. The summed E-state index contributed by atoms with van der Waals surface area (Å²) in [4.78, 5) is 19.3. The number of halogens is 1. The fraction of sp³-hybridized carbons (Fsp3) is 0.148. The zero-order chi connectivity index (χ0) is 23.8. The van der Waals surface area contributed by atoms with Crippen LogP contribution in [0.1, 0.15) is 35.5 Å². The maximum Gasteiger partial charge on any atom is 0.327 e. The molecule has 0 aliphatic carbocycles. The monoisotopic (exact) mass is 454 g/mol. The number of carbonyl (C=O) groups excluding carboxylic acids is 1. The number of nitrogens with zero attached hydrogens (tertiary/aromatic N) is 3. The van der Waals surface area contributed by atoms with Crippen LogP contribution in [0.3, 0.4) is 0 Å². The van der Waals surface area contributed by atoms with Crippen molar-refractivity contribution in [2.75, 3.05) is 4.90 Å². The SMILES string of the molecule is CC1=C(c2nc(-c3cccc(C)c3)no2)C(c2ccccc2)NC(=O)N1c1ccc(C)c(F)c1. The van der Waals surface area contributed by atoms with Gasteiger partial charge in [0.1, 0.15) is 5.82 Å². The highest BCUT2D eigenvalue weighted by Crippen LogP contribution is 2.39. The molecule has 1 aliphatic rings. The van der Waals surface area contributed by atoms with Crippen molar-refractivity contribution >= 4 is 17.3 Å². The van der Waals surface area contributed by atoms with Crippen LogP contribution in [0.4, 0.5) is 14.9 Å². The Kier molecular flexibility index (Phi) is 5.45. The maximum atomic E-state index is 14.4. The molecule has 170 valence electrons. The third-order valence-corrected chi connectivity index (χ3v) is 5.96. The van der Waals surface area contributed by atoms with Gasteiger partial charge in [-0.05, 0) is 50.1 Å². The third-order valence-electron chi connectivity index (χ3n) is 5.96. The molecule has 0 saturated heterocycles. The average Bonchev–Trinajstić information content (AvgIpc) is 3.31. The Balaban J connectivity index is 1.66. The molecule has 5 rings (SSSR count). The normalized spacial score (nSPS) is 16.1. The molecule has 1 N–H and O–H groups in total. The molecule has 34 heavy (non-hydrogen) atoms. The minimum Gasteiger partial charge on any atom is -0.334 e. The van der Waals surface area contributed by atoms with Gasteiger partial charge in [-0.15, -0.1) is 0 Å². The molecule has 0 radical (unpaired) electrons. The van der Waals surface area contributed by atoms with Gasteiger partial charge in [0.05, 0.1) is 17.3 Å². The second kappa shape index (κ2) is 8.59. The van der Waals surface area contributed by atoms with Gasteiger partial charge < -0.3 is 9.84 Å². The highest BCUT2D eigenvalue weighted by atomic mass is 19.1. The van der Waals surface area contributed by atoms with Crippen molar-refractivity contribution in [1.82, 2.24) is 15.5 Å². The van der Waals surface area contributed by atoms with Gasteiger partial charge in [0.25, 0.3) is 5.89 Å². The van der Waals surface area contributed by atoms with E-state index in [4.69, 9.17) is 4.52 Å². The predicted octanol–water partition coefficient (Wildman–Crippen LogP) is 6.19. The highest BCUT2D eigenvalue weighted by Gasteiger charge is 2.36. The molecule has 2 amide bonds. The molecular weight excluding hydrogens is 431 g/mol. The van der Waals surface area contributed by atoms with Gasteiger partial charge in [-0.3, -0.25) is 4.90 Å². The summed E-state index contributed by atoms with van der Waals surface area (Å²) in [5.41, 5.74) is 4.94. The number of benzene rings is 3. The number of hydrogen-bond donors (Lipinski definition) is 1. The van der Waals surface area contributed by atoms with Gasteiger partial charge in [-0.25, -0.2) is 9.18 Å². The Morgan fingerprint density at radius 3 is 2.50 bits per heavy atom. The van der Waals surface area contributed by atoms with Gasteiger partial charge in [-0.1, -0.05) is 65.3 Å². The average molecular weight is 455 g/mol. The molecule has 1 atom stereocenters. The lowest BCUT2D eigenvalue weighted by atomic mass is 9.94. The summed E-state index contributed by atoms with van der Waals surface area (Å²) >= 11 is 0. The molecule has 0 saturated carbocycles. The molecule has 0 spiro atoms. The predicted molar refractivity (Wildman–Crippen MR) is 128 cm³/mol. The maximum absolute atomic E-state index is 14.4. The Bertz CT molecular complexity index is 1410. The first kappa shape index (κ1) is 21.6. The van der Waals surface area contributed by atoms with E-state index in [1.54, 1.807) is 26.0 Å². The van der Waals surface area contributed by atoms with E-state index < -0.39 is 6.04 Å². The largest absolute Gasteiger partial charge is 0.334 e. The lowest BCUT2D eigenvalue weighted by molar-refractivity contribution is 0.244. The van der Waals surface area contributed by atoms with Crippen LogP contribution >= 0.6 is 0 Å². The topological polar surface area (TPSA) is 71.3 Å². The molecule has 0 bridgehead atoms. The fourth-order valence-electron chi connectivity index (χ4n) is 4.18. The lowest BCUT2D eigenvalue weighted by Gasteiger charge is -2.35. The number of anilines is 1. The van der Waals surface area contributed by atoms with Crippen molar-refractivity contribution in [1.29, 1.82) is 0 Å². The summed E-state index contributed by atoms with van der Waals surface area (Å²) in [6, 6.07) is 21.3.